The van der Waals surface area contributed by atoms with Crippen LogP contribution in [0.15, 0.2) is 77.9 Å². The van der Waals surface area contributed by atoms with Gasteiger partial charge in [-0.1, -0.05) is 36.4 Å². The molecule has 1 atom stereocenters. The van der Waals surface area contributed by atoms with Crippen molar-refractivity contribution >= 4 is 5.95 Å². The number of anilines is 1. The van der Waals surface area contributed by atoms with Crippen molar-refractivity contribution in [2.24, 2.45) is 0 Å². The molecule has 160 valence electrons. The lowest BCUT2D eigenvalue weighted by Crippen LogP contribution is -2.40. The van der Waals surface area contributed by atoms with E-state index in [-0.39, 0.29) is 17.4 Å². The summed E-state index contributed by atoms with van der Waals surface area (Å²) < 4.78 is 13.4. The van der Waals surface area contributed by atoms with Gasteiger partial charge in [-0.15, -0.1) is 0 Å². The first-order valence-electron chi connectivity index (χ1n) is 10.5. The number of benzene rings is 2. The summed E-state index contributed by atoms with van der Waals surface area (Å²) in [4.78, 5) is 24.7. The maximum absolute atomic E-state index is 13.4. The number of H-pyrrole nitrogens is 1. The second-order valence-corrected chi connectivity index (χ2v) is 7.81. The summed E-state index contributed by atoms with van der Waals surface area (Å²) in [5.41, 5.74) is 4.64. The van der Waals surface area contributed by atoms with E-state index in [1.807, 2.05) is 0 Å². The van der Waals surface area contributed by atoms with Crippen LogP contribution in [0.25, 0.3) is 22.4 Å². The first kappa shape index (κ1) is 20.1. The Balaban J connectivity index is 1.45. The molecule has 4 aromatic rings. The van der Waals surface area contributed by atoms with Gasteiger partial charge in [0.05, 0.1) is 11.3 Å². The summed E-state index contributed by atoms with van der Waals surface area (Å²) in [6, 6.07) is 18.1. The van der Waals surface area contributed by atoms with E-state index >= 15 is 0 Å². The Bertz CT molecular complexity index is 1290. The van der Waals surface area contributed by atoms with E-state index in [2.05, 4.69) is 44.9 Å². The molecule has 1 aliphatic rings. The Labute approximate surface area is 184 Å². The maximum Gasteiger partial charge on any atom is 0.260 e. The number of nitrogens with one attached hydrogen (secondary N) is 3. The Morgan fingerprint density at radius 1 is 0.969 bits per heavy atom. The van der Waals surface area contributed by atoms with Crippen molar-refractivity contribution in [2.45, 2.75) is 19.0 Å². The second kappa shape index (κ2) is 8.72. The summed E-state index contributed by atoms with van der Waals surface area (Å²) in [6.07, 6.45) is 4.21. The number of aromatic amines is 1. The minimum absolute atomic E-state index is 0.219. The first-order valence-corrected chi connectivity index (χ1v) is 10.5. The van der Waals surface area contributed by atoms with Crippen LogP contribution >= 0.6 is 0 Å². The fourth-order valence-corrected chi connectivity index (χ4v) is 4.05. The molecule has 6 nitrogen and oxygen atoms in total. The highest BCUT2D eigenvalue weighted by molar-refractivity contribution is 5.80. The Hall–Kier alpha value is -3.84. The summed E-state index contributed by atoms with van der Waals surface area (Å²) in [7, 11) is 0. The predicted octanol–water partition coefficient (Wildman–Crippen LogP) is 3.76. The van der Waals surface area contributed by atoms with Gasteiger partial charge in [0.15, 0.2) is 0 Å². The van der Waals surface area contributed by atoms with E-state index in [4.69, 9.17) is 4.98 Å². The predicted molar refractivity (Wildman–Crippen MR) is 123 cm³/mol. The lowest BCUT2D eigenvalue weighted by molar-refractivity contribution is 0.496. The Kier molecular flexibility index (Phi) is 5.47. The highest BCUT2D eigenvalue weighted by atomic mass is 19.1. The van der Waals surface area contributed by atoms with Crippen molar-refractivity contribution in [3.8, 4) is 22.4 Å². The van der Waals surface area contributed by atoms with Gasteiger partial charge in [-0.3, -0.25) is 14.8 Å². The molecule has 5 rings (SSSR count). The van der Waals surface area contributed by atoms with Crippen LogP contribution in [0, 0.1) is 5.82 Å². The van der Waals surface area contributed by atoms with Crippen molar-refractivity contribution in [3.63, 3.8) is 0 Å². The van der Waals surface area contributed by atoms with E-state index in [1.54, 1.807) is 36.7 Å². The summed E-state index contributed by atoms with van der Waals surface area (Å²) >= 11 is 0. The number of fused-ring (bicyclic) bond motifs is 1. The molecule has 1 unspecified atom stereocenters. The molecule has 32 heavy (non-hydrogen) atoms. The highest BCUT2D eigenvalue weighted by Gasteiger charge is 2.19. The number of aromatic nitrogens is 3. The van der Waals surface area contributed by atoms with Crippen molar-refractivity contribution in [1.82, 2.24) is 20.3 Å². The Morgan fingerprint density at radius 3 is 2.50 bits per heavy atom. The fraction of sp³-hybridized carbons (Fsp3) is 0.160. The molecule has 2 aromatic heterocycles. The van der Waals surface area contributed by atoms with Crippen LogP contribution in [0.4, 0.5) is 10.3 Å². The van der Waals surface area contributed by atoms with Gasteiger partial charge >= 0.3 is 0 Å². The SMILES string of the molecule is O=c1[nH]c(NCC2Cc3ccccc3CN2)nc(-c2ccncc2)c1-c1ccc(F)cc1. The second-order valence-electron chi connectivity index (χ2n) is 7.81. The standard InChI is InChI=1S/C25H22FN5O/c26-20-7-5-16(6-8-20)22-23(17-9-11-27-12-10-17)30-25(31-24(22)32)29-15-21-13-18-3-1-2-4-19(18)14-28-21/h1-12,21,28H,13-15H2,(H2,29,30,31,32). The van der Waals surface area contributed by atoms with E-state index < -0.39 is 0 Å². The van der Waals surface area contributed by atoms with Crippen LogP contribution < -0.4 is 16.2 Å². The molecule has 0 saturated carbocycles. The van der Waals surface area contributed by atoms with Gasteiger partial charge in [-0.25, -0.2) is 9.37 Å². The molecule has 0 saturated heterocycles. The fourth-order valence-electron chi connectivity index (χ4n) is 4.05. The highest BCUT2D eigenvalue weighted by Crippen LogP contribution is 2.28. The van der Waals surface area contributed by atoms with Gasteiger partial charge in [0.1, 0.15) is 5.82 Å². The molecule has 3 heterocycles. The molecule has 2 aromatic carbocycles. The third-order valence-electron chi connectivity index (χ3n) is 5.69. The number of halogens is 1. The minimum atomic E-state index is -0.358. The number of hydrogen-bond donors (Lipinski definition) is 3. The van der Waals surface area contributed by atoms with Crippen molar-refractivity contribution in [2.75, 3.05) is 11.9 Å². The largest absolute Gasteiger partial charge is 0.354 e. The molecule has 7 heteroatoms. The zero-order valence-corrected chi connectivity index (χ0v) is 17.3. The average molecular weight is 427 g/mol. The van der Waals surface area contributed by atoms with Crippen LogP contribution in [0.5, 0.6) is 0 Å². The van der Waals surface area contributed by atoms with Gasteiger partial charge in [0.2, 0.25) is 5.95 Å². The van der Waals surface area contributed by atoms with Gasteiger partial charge in [0.25, 0.3) is 5.56 Å². The van der Waals surface area contributed by atoms with Crippen LogP contribution in [0.1, 0.15) is 11.1 Å². The van der Waals surface area contributed by atoms with Crippen molar-refractivity contribution in [3.05, 3.63) is 100 Å². The van der Waals surface area contributed by atoms with Crippen LogP contribution in [-0.4, -0.2) is 27.5 Å². The molecule has 0 amide bonds. The van der Waals surface area contributed by atoms with E-state index in [0.29, 0.717) is 29.3 Å². The molecule has 0 spiro atoms. The van der Waals surface area contributed by atoms with E-state index in [9.17, 15) is 9.18 Å². The number of rotatable bonds is 5. The Morgan fingerprint density at radius 2 is 1.72 bits per heavy atom. The van der Waals surface area contributed by atoms with Crippen molar-refractivity contribution in [1.29, 1.82) is 0 Å². The topological polar surface area (TPSA) is 82.7 Å². The number of nitrogens with zero attached hydrogens (tertiary/aromatic N) is 2. The zero-order valence-electron chi connectivity index (χ0n) is 17.3. The van der Waals surface area contributed by atoms with E-state index in [1.165, 1.54) is 23.3 Å². The normalized spacial score (nSPS) is 15.2. The van der Waals surface area contributed by atoms with Crippen molar-refractivity contribution < 1.29 is 4.39 Å². The first-order chi connectivity index (χ1) is 15.7. The number of pyridine rings is 1. The van der Waals surface area contributed by atoms with Gasteiger partial charge in [0, 0.05) is 37.1 Å². The molecule has 0 aliphatic carbocycles. The van der Waals surface area contributed by atoms with Gasteiger partial charge in [-0.2, -0.15) is 0 Å². The molecule has 0 fully saturated rings. The number of hydrogen-bond acceptors (Lipinski definition) is 5. The molecule has 0 radical (unpaired) electrons. The molecule has 1 aliphatic heterocycles. The average Bonchev–Trinajstić information content (AvgIpc) is 2.83. The third kappa shape index (κ3) is 4.15. The lowest BCUT2D eigenvalue weighted by atomic mass is 9.96. The maximum atomic E-state index is 13.4. The van der Waals surface area contributed by atoms with Crippen LogP contribution in [0.3, 0.4) is 0 Å². The van der Waals surface area contributed by atoms with Gasteiger partial charge in [-0.05, 0) is 47.4 Å². The molecular formula is C25H22FN5O. The summed E-state index contributed by atoms with van der Waals surface area (Å²) in [5.74, 6) is 0.0387. The van der Waals surface area contributed by atoms with Crippen LogP contribution in [0.2, 0.25) is 0 Å². The van der Waals surface area contributed by atoms with Gasteiger partial charge < -0.3 is 10.6 Å². The van der Waals surface area contributed by atoms with E-state index in [0.717, 1.165) is 18.5 Å². The smallest absolute Gasteiger partial charge is 0.260 e. The summed E-state index contributed by atoms with van der Waals surface area (Å²) in [6.45, 7) is 1.43. The quantitative estimate of drug-likeness (QED) is 0.452. The molecule has 3 N–H and O–H groups in total. The third-order valence-corrected chi connectivity index (χ3v) is 5.69. The molecular weight excluding hydrogens is 405 g/mol. The molecule has 0 bridgehead atoms. The van der Waals surface area contributed by atoms with Crippen LogP contribution in [-0.2, 0) is 13.0 Å². The zero-order chi connectivity index (χ0) is 21.9. The lowest BCUT2D eigenvalue weighted by Gasteiger charge is -2.26. The minimum Gasteiger partial charge on any atom is -0.354 e. The monoisotopic (exact) mass is 427 g/mol. The summed E-state index contributed by atoms with van der Waals surface area (Å²) in [5, 5.41) is 6.80.